The Labute approximate surface area is 99.2 Å². The predicted molar refractivity (Wildman–Crippen MR) is 75.4 cm³/mol. The topological polar surface area (TPSA) is 0 Å². The van der Waals surface area contributed by atoms with Crippen molar-refractivity contribution in [2.75, 3.05) is 0 Å². The van der Waals surface area contributed by atoms with Crippen LogP contribution in [0, 0.1) is 10.8 Å². The second kappa shape index (κ2) is 7.09. The van der Waals surface area contributed by atoms with E-state index in [0.29, 0.717) is 10.8 Å². The Hall–Kier alpha value is -0.260. The van der Waals surface area contributed by atoms with Gasteiger partial charge in [-0.25, -0.2) is 0 Å². The molecule has 0 heterocycles. The molecule has 0 nitrogen and oxygen atoms in total. The van der Waals surface area contributed by atoms with E-state index in [1.165, 1.54) is 11.1 Å². The molecule has 0 aromatic carbocycles. The van der Waals surface area contributed by atoms with E-state index in [0.717, 1.165) is 0 Å². The Bertz CT molecular complexity index is 151. The van der Waals surface area contributed by atoms with E-state index in [1.54, 1.807) is 0 Å². The second-order valence-electron chi connectivity index (χ2n) is 6.50. The van der Waals surface area contributed by atoms with E-state index < -0.39 is 0 Å². The number of hydrogen-bond donors (Lipinski definition) is 0. The predicted octanol–water partition coefficient (Wildman–Crippen LogP) is 6.08. The van der Waals surface area contributed by atoms with Gasteiger partial charge in [0.1, 0.15) is 0 Å². The summed E-state index contributed by atoms with van der Waals surface area (Å²) in [5.41, 5.74) is 3.73. The van der Waals surface area contributed by atoms with Crippen LogP contribution >= 0.6 is 0 Å². The normalized spacial score (nSPS) is 10.8. The van der Waals surface area contributed by atoms with Gasteiger partial charge in [0.15, 0.2) is 0 Å². The first-order valence-electron chi connectivity index (χ1n) is 5.50. The van der Waals surface area contributed by atoms with Gasteiger partial charge in [0, 0.05) is 0 Å². The molecule has 0 fully saturated rings. The van der Waals surface area contributed by atoms with E-state index in [2.05, 4.69) is 69.2 Å². The Morgan fingerprint density at radius 2 is 0.667 bits per heavy atom. The molecule has 94 valence electrons. The number of rotatable bonds is 0. The summed E-state index contributed by atoms with van der Waals surface area (Å²) < 4.78 is 0. The van der Waals surface area contributed by atoms with Crippen molar-refractivity contribution in [2.45, 2.75) is 76.7 Å². The molecule has 0 heteroatoms. The molecular formula is C15H34. The van der Waals surface area contributed by atoms with E-state index in [4.69, 9.17) is 0 Å². The van der Waals surface area contributed by atoms with Crippen LogP contribution in [0.4, 0.5) is 0 Å². The van der Waals surface area contributed by atoms with Crippen LogP contribution in [0.15, 0.2) is 11.1 Å². The van der Waals surface area contributed by atoms with Crippen LogP contribution in [-0.2, 0) is 0 Å². The first-order chi connectivity index (χ1) is 5.89. The molecule has 0 atom stereocenters. The maximum Gasteiger partial charge on any atom is -0.0334 e. The monoisotopic (exact) mass is 214 g/mol. The van der Waals surface area contributed by atoms with Crippen molar-refractivity contribution >= 4 is 0 Å². The summed E-state index contributed by atoms with van der Waals surface area (Å²) in [6, 6.07) is 0. The van der Waals surface area contributed by atoms with Gasteiger partial charge in [0.25, 0.3) is 0 Å². The molecule has 0 aromatic rings. The summed E-state index contributed by atoms with van der Waals surface area (Å²) in [6.07, 6.45) is 0. The van der Waals surface area contributed by atoms with Crippen LogP contribution in [-0.4, -0.2) is 0 Å². The highest BCUT2D eigenvalue weighted by Crippen LogP contribution is 2.36. The van der Waals surface area contributed by atoms with Crippen molar-refractivity contribution in [2.24, 2.45) is 10.8 Å². The van der Waals surface area contributed by atoms with Gasteiger partial charge in [0.05, 0.1) is 0 Å². The molecule has 0 unspecified atom stereocenters. The Morgan fingerprint density at radius 3 is 0.667 bits per heavy atom. The van der Waals surface area contributed by atoms with Crippen LogP contribution in [0.5, 0.6) is 0 Å². The van der Waals surface area contributed by atoms with Crippen molar-refractivity contribution in [3.05, 3.63) is 11.1 Å². The number of hydrogen-bond acceptors (Lipinski definition) is 0. The highest BCUT2D eigenvalue weighted by molar-refractivity contribution is 5.02. The van der Waals surface area contributed by atoms with E-state index in [1.807, 2.05) is 0 Å². The van der Waals surface area contributed by atoms with Crippen LogP contribution in [0.3, 0.4) is 0 Å². The van der Waals surface area contributed by atoms with Crippen molar-refractivity contribution in [3.63, 3.8) is 0 Å². The molecule has 0 N–H and O–H groups in total. The summed E-state index contributed by atoms with van der Waals surface area (Å²) in [7, 11) is 0. The SMILES string of the molecule is C.CC(C)(C)C(C)(C)C.CC(C)=C(C)C. The highest BCUT2D eigenvalue weighted by Gasteiger charge is 2.26. The minimum absolute atomic E-state index is 0. The largest absolute Gasteiger partial charge is 0.0778 e. The maximum atomic E-state index is 2.27. The lowest BCUT2D eigenvalue weighted by Gasteiger charge is -2.34. The van der Waals surface area contributed by atoms with Gasteiger partial charge in [-0.3, -0.25) is 0 Å². The van der Waals surface area contributed by atoms with Gasteiger partial charge in [-0.1, -0.05) is 60.1 Å². The molecule has 0 aliphatic carbocycles. The van der Waals surface area contributed by atoms with Gasteiger partial charge >= 0.3 is 0 Å². The van der Waals surface area contributed by atoms with Crippen molar-refractivity contribution in [1.29, 1.82) is 0 Å². The zero-order valence-electron chi connectivity index (χ0n) is 12.0. The summed E-state index contributed by atoms with van der Waals surface area (Å²) in [5, 5.41) is 0. The van der Waals surface area contributed by atoms with E-state index >= 15 is 0 Å². The van der Waals surface area contributed by atoms with E-state index in [9.17, 15) is 0 Å². The van der Waals surface area contributed by atoms with Gasteiger partial charge < -0.3 is 0 Å². The molecule has 0 amide bonds. The highest BCUT2D eigenvalue weighted by atomic mass is 14.3. The van der Waals surface area contributed by atoms with Crippen LogP contribution in [0.2, 0.25) is 0 Å². The maximum absolute atomic E-state index is 2.27. The third kappa shape index (κ3) is 11.7. The zero-order chi connectivity index (χ0) is 12.2. The van der Waals surface area contributed by atoms with Gasteiger partial charge in [-0.05, 0) is 38.5 Å². The third-order valence-electron chi connectivity index (χ3n) is 3.25. The van der Waals surface area contributed by atoms with Crippen LogP contribution < -0.4 is 0 Å². The van der Waals surface area contributed by atoms with Crippen molar-refractivity contribution in [1.82, 2.24) is 0 Å². The standard InChI is InChI=1S/C8H18.C6H12.CH4/c1-7(2,3)8(4,5)6;1-5(2)6(3)4;/h1-6H3;1-4H3;1H4. The molecule has 0 aromatic heterocycles. The summed E-state index contributed by atoms with van der Waals surface area (Å²) >= 11 is 0. The van der Waals surface area contributed by atoms with Crippen molar-refractivity contribution < 1.29 is 0 Å². The Kier molecular flexibility index (Phi) is 9.54. The quantitative estimate of drug-likeness (QED) is 0.429. The Balaban J connectivity index is -0.000000187. The summed E-state index contributed by atoms with van der Waals surface area (Å²) in [4.78, 5) is 0. The molecule has 0 saturated carbocycles. The fourth-order valence-electron chi connectivity index (χ4n) is 0. The molecule has 0 aliphatic heterocycles. The average Bonchev–Trinajstić information content (AvgIpc) is 1.83. The summed E-state index contributed by atoms with van der Waals surface area (Å²) in [5.74, 6) is 0. The second-order valence-corrected chi connectivity index (χ2v) is 6.50. The molecular weight excluding hydrogens is 180 g/mol. The molecule has 0 bridgehead atoms. The minimum Gasteiger partial charge on any atom is -0.0778 e. The van der Waals surface area contributed by atoms with Gasteiger partial charge in [-0.2, -0.15) is 0 Å². The van der Waals surface area contributed by atoms with Crippen LogP contribution in [0.1, 0.15) is 76.7 Å². The summed E-state index contributed by atoms with van der Waals surface area (Å²) in [6.45, 7) is 22.1. The Morgan fingerprint density at radius 1 is 0.533 bits per heavy atom. The smallest absolute Gasteiger partial charge is 0.0334 e. The van der Waals surface area contributed by atoms with Crippen LogP contribution in [0.25, 0.3) is 0 Å². The minimum atomic E-state index is 0. The average molecular weight is 214 g/mol. The van der Waals surface area contributed by atoms with E-state index in [-0.39, 0.29) is 7.43 Å². The third-order valence-corrected chi connectivity index (χ3v) is 3.25. The van der Waals surface area contributed by atoms with Gasteiger partial charge in [0.2, 0.25) is 0 Å². The fourth-order valence-corrected chi connectivity index (χ4v) is 0. The molecule has 0 rings (SSSR count). The molecule has 0 saturated heterocycles. The fraction of sp³-hybridized carbons (Fsp3) is 0.867. The lowest BCUT2D eigenvalue weighted by molar-refractivity contribution is 0.157. The molecule has 0 aliphatic rings. The zero-order valence-corrected chi connectivity index (χ0v) is 12.0. The first kappa shape index (κ1) is 20.2. The first-order valence-corrected chi connectivity index (χ1v) is 5.50. The molecule has 15 heavy (non-hydrogen) atoms. The molecule has 0 radical (unpaired) electrons. The number of allylic oxidation sites excluding steroid dienone is 2. The lowest BCUT2D eigenvalue weighted by Crippen LogP contribution is -2.25. The van der Waals surface area contributed by atoms with Gasteiger partial charge in [-0.15, -0.1) is 0 Å². The van der Waals surface area contributed by atoms with Crippen molar-refractivity contribution in [3.8, 4) is 0 Å². The molecule has 0 spiro atoms. The lowest BCUT2D eigenvalue weighted by atomic mass is 9.71.